The molecule has 1 aromatic carbocycles. The fourth-order valence-corrected chi connectivity index (χ4v) is 3.30. The van der Waals surface area contributed by atoms with Crippen LogP contribution in [0.25, 0.3) is 0 Å². The Labute approximate surface area is 147 Å². The summed E-state index contributed by atoms with van der Waals surface area (Å²) in [6.45, 7) is 0.585. The summed E-state index contributed by atoms with van der Waals surface area (Å²) in [4.78, 5) is 22.6. The smallest absolute Gasteiger partial charge is 0.253 e. The Hall–Kier alpha value is -2.47. The zero-order chi connectivity index (χ0) is 17.6. The number of nitrogens with one attached hydrogen (secondary N) is 1. The lowest BCUT2D eigenvalue weighted by molar-refractivity contribution is 0.0451. The molecule has 132 valence electrons. The molecular formula is C19H24N4O2. The molecule has 6 nitrogen and oxygen atoms in total. The lowest BCUT2D eigenvalue weighted by Gasteiger charge is -2.31. The molecule has 2 N–H and O–H groups in total. The summed E-state index contributed by atoms with van der Waals surface area (Å²) in [5, 5.41) is 13.3. The van der Waals surface area contributed by atoms with Gasteiger partial charge in [-0.2, -0.15) is 0 Å². The standard InChI is InChI=1S/C19H24N4O2/c1-23(13-15-5-2-3-8-17(15)24)19(25)14-6-4-7-16(11-14)22-18-12-20-9-10-21-18/h4,6-7,9-12,15,17,24H,2-3,5,8,13H2,1H3,(H,21,22). The van der Waals surface area contributed by atoms with E-state index in [1.165, 1.54) is 0 Å². The van der Waals surface area contributed by atoms with Gasteiger partial charge < -0.3 is 15.3 Å². The van der Waals surface area contributed by atoms with E-state index in [9.17, 15) is 9.90 Å². The van der Waals surface area contributed by atoms with Gasteiger partial charge in [0.1, 0.15) is 5.82 Å². The van der Waals surface area contributed by atoms with E-state index in [1.54, 1.807) is 36.6 Å². The predicted octanol–water partition coefficient (Wildman–Crippen LogP) is 2.84. The van der Waals surface area contributed by atoms with Crippen molar-refractivity contribution in [3.05, 3.63) is 48.4 Å². The number of hydrogen-bond donors (Lipinski definition) is 2. The molecule has 0 aliphatic heterocycles. The molecule has 1 aliphatic rings. The molecule has 2 aromatic rings. The maximum atomic E-state index is 12.7. The van der Waals surface area contributed by atoms with E-state index in [0.717, 1.165) is 31.4 Å². The van der Waals surface area contributed by atoms with E-state index in [-0.39, 0.29) is 17.9 Å². The number of aromatic nitrogens is 2. The third kappa shape index (κ3) is 4.54. The summed E-state index contributed by atoms with van der Waals surface area (Å²) in [6, 6.07) is 7.34. The monoisotopic (exact) mass is 340 g/mol. The summed E-state index contributed by atoms with van der Waals surface area (Å²) in [5.41, 5.74) is 1.40. The van der Waals surface area contributed by atoms with Crippen molar-refractivity contribution in [1.29, 1.82) is 0 Å². The molecule has 1 saturated carbocycles. The minimum absolute atomic E-state index is 0.0411. The summed E-state index contributed by atoms with van der Waals surface area (Å²) < 4.78 is 0. The highest BCUT2D eigenvalue weighted by molar-refractivity contribution is 5.95. The maximum absolute atomic E-state index is 12.7. The van der Waals surface area contributed by atoms with Crippen LogP contribution < -0.4 is 5.32 Å². The number of carbonyl (C=O) groups excluding carboxylic acids is 1. The Kier molecular flexibility index (Phi) is 5.60. The van der Waals surface area contributed by atoms with Gasteiger partial charge in [0.15, 0.2) is 0 Å². The van der Waals surface area contributed by atoms with Crippen molar-refractivity contribution >= 4 is 17.4 Å². The fourth-order valence-electron chi connectivity index (χ4n) is 3.30. The summed E-state index contributed by atoms with van der Waals surface area (Å²) in [7, 11) is 1.80. The molecule has 1 amide bonds. The minimum Gasteiger partial charge on any atom is -0.393 e. The van der Waals surface area contributed by atoms with Crippen LogP contribution >= 0.6 is 0 Å². The first-order valence-corrected chi connectivity index (χ1v) is 8.70. The first-order valence-electron chi connectivity index (χ1n) is 8.70. The Morgan fingerprint density at radius 2 is 2.16 bits per heavy atom. The molecular weight excluding hydrogens is 316 g/mol. The van der Waals surface area contributed by atoms with Gasteiger partial charge in [-0.25, -0.2) is 4.98 Å². The van der Waals surface area contributed by atoms with Gasteiger partial charge in [0.05, 0.1) is 12.3 Å². The van der Waals surface area contributed by atoms with Crippen LogP contribution in [0.4, 0.5) is 11.5 Å². The van der Waals surface area contributed by atoms with Crippen LogP contribution in [0.1, 0.15) is 36.0 Å². The second-order valence-corrected chi connectivity index (χ2v) is 6.59. The molecule has 1 heterocycles. The quantitative estimate of drug-likeness (QED) is 0.875. The van der Waals surface area contributed by atoms with Gasteiger partial charge in [-0.3, -0.25) is 9.78 Å². The molecule has 2 unspecified atom stereocenters. The van der Waals surface area contributed by atoms with Crippen LogP contribution in [-0.2, 0) is 0 Å². The highest BCUT2D eigenvalue weighted by atomic mass is 16.3. The average Bonchev–Trinajstić information content (AvgIpc) is 2.64. The van der Waals surface area contributed by atoms with Crippen molar-refractivity contribution in [1.82, 2.24) is 14.9 Å². The summed E-state index contributed by atoms with van der Waals surface area (Å²) in [5.74, 6) is 0.759. The first-order chi connectivity index (χ1) is 12.1. The molecule has 0 bridgehead atoms. The van der Waals surface area contributed by atoms with Crippen molar-refractivity contribution < 1.29 is 9.90 Å². The second kappa shape index (κ2) is 8.07. The van der Waals surface area contributed by atoms with Crippen LogP contribution in [0.2, 0.25) is 0 Å². The first kappa shape index (κ1) is 17.4. The second-order valence-electron chi connectivity index (χ2n) is 6.59. The highest BCUT2D eigenvalue weighted by Crippen LogP contribution is 2.25. The van der Waals surface area contributed by atoms with Gasteiger partial charge in [-0.1, -0.05) is 18.9 Å². The predicted molar refractivity (Wildman–Crippen MR) is 96.7 cm³/mol. The highest BCUT2D eigenvalue weighted by Gasteiger charge is 2.26. The molecule has 0 spiro atoms. The van der Waals surface area contributed by atoms with E-state index >= 15 is 0 Å². The van der Waals surface area contributed by atoms with Crippen LogP contribution in [0, 0.1) is 5.92 Å². The number of amides is 1. The number of hydrogen-bond acceptors (Lipinski definition) is 5. The molecule has 2 atom stereocenters. The van der Waals surface area contributed by atoms with Crippen LogP contribution in [0.5, 0.6) is 0 Å². The topological polar surface area (TPSA) is 78.4 Å². The SMILES string of the molecule is CN(CC1CCCCC1O)C(=O)c1cccc(Nc2cnccn2)c1. The summed E-state index contributed by atoms with van der Waals surface area (Å²) in [6.07, 6.45) is 8.57. The third-order valence-corrected chi connectivity index (χ3v) is 4.67. The maximum Gasteiger partial charge on any atom is 0.253 e. The zero-order valence-corrected chi connectivity index (χ0v) is 14.4. The fraction of sp³-hybridized carbons (Fsp3) is 0.421. The van der Waals surface area contributed by atoms with Gasteiger partial charge in [-0.05, 0) is 31.0 Å². The lowest BCUT2D eigenvalue weighted by atomic mass is 9.86. The molecule has 6 heteroatoms. The molecule has 1 aliphatic carbocycles. The molecule has 0 saturated heterocycles. The van der Waals surface area contributed by atoms with Crippen molar-refractivity contribution in [2.24, 2.45) is 5.92 Å². The van der Waals surface area contributed by atoms with Gasteiger partial charge in [-0.15, -0.1) is 0 Å². The Morgan fingerprint density at radius 3 is 2.92 bits per heavy atom. The number of rotatable bonds is 5. The van der Waals surface area contributed by atoms with E-state index in [4.69, 9.17) is 0 Å². The Bertz CT molecular complexity index is 708. The van der Waals surface area contributed by atoms with E-state index < -0.39 is 0 Å². The normalized spacial score (nSPS) is 20.1. The number of benzene rings is 1. The number of nitrogens with zero attached hydrogens (tertiary/aromatic N) is 3. The van der Waals surface area contributed by atoms with Gasteiger partial charge in [0, 0.05) is 43.2 Å². The number of aliphatic hydroxyl groups excluding tert-OH is 1. The number of aliphatic hydroxyl groups is 1. The third-order valence-electron chi connectivity index (χ3n) is 4.67. The molecule has 0 radical (unpaired) electrons. The molecule has 1 aromatic heterocycles. The van der Waals surface area contributed by atoms with E-state index in [1.807, 2.05) is 18.2 Å². The van der Waals surface area contributed by atoms with Gasteiger partial charge in [0.25, 0.3) is 5.91 Å². The Balaban J connectivity index is 1.66. The zero-order valence-electron chi connectivity index (χ0n) is 14.4. The molecule has 3 rings (SSSR count). The largest absolute Gasteiger partial charge is 0.393 e. The van der Waals surface area contributed by atoms with Crippen molar-refractivity contribution in [3.63, 3.8) is 0 Å². The van der Waals surface area contributed by atoms with Crippen molar-refractivity contribution in [2.45, 2.75) is 31.8 Å². The van der Waals surface area contributed by atoms with E-state index in [0.29, 0.717) is 17.9 Å². The summed E-state index contributed by atoms with van der Waals surface area (Å²) >= 11 is 0. The Morgan fingerprint density at radius 1 is 1.32 bits per heavy atom. The van der Waals surface area contributed by atoms with E-state index in [2.05, 4.69) is 15.3 Å². The number of carbonyl (C=O) groups is 1. The van der Waals surface area contributed by atoms with Crippen molar-refractivity contribution in [2.75, 3.05) is 18.9 Å². The van der Waals surface area contributed by atoms with Crippen molar-refractivity contribution in [3.8, 4) is 0 Å². The number of anilines is 2. The minimum atomic E-state index is -0.298. The van der Waals surface area contributed by atoms with Gasteiger partial charge >= 0.3 is 0 Å². The van der Waals surface area contributed by atoms with Crippen LogP contribution in [-0.4, -0.2) is 45.6 Å². The van der Waals surface area contributed by atoms with Gasteiger partial charge in [0.2, 0.25) is 0 Å². The van der Waals surface area contributed by atoms with Crippen LogP contribution in [0.15, 0.2) is 42.9 Å². The average molecular weight is 340 g/mol. The molecule has 25 heavy (non-hydrogen) atoms. The molecule has 1 fully saturated rings. The lowest BCUT2D eigenvalue weighted by Crippen LogP contribution is -2.38. The van der Waals surface area contributed by atoms with Crippen LogP contribution in [0.3, 0.4) is 0 Å².